The number of amides is 1. The summed E-state index contributed by atoms with van der Waals surface area (Å²) in [4.78, 5) is 14.4. The van der Waals surface area contributed by atoms with Crippen molar-refractivity contribution < 1.29 is 4.79 Å². The fraction of sp³-hybridized carbons (Fsp3) is 0.923. The van der Waals surface area contributed by atoms with E-state index in [1.54, 1.807) is 0 Å². The lowest BCUT2D eigenvalue weighted by Gasteiger charge is -2.27. The first-order valence-corrected chi connectivity index (χ1v) is 6.76. The van der Waals surface area contributed by atoms with Crippen LogP contribution in [-0.4, -0.2) is 29.9 Å². The van der Waals surface area contributed by atoms with Gasteiger partial charge in [-0.2, -0.15) is 0 Å². The summed E-state index contributed by atoms with van der Waals surface area (Å²) >= 11 is 0. The van der Waals surface area contributed by atoms with E-state index in [4.69, 9.17) is 5.73 Å². The number of hydrogen-bond acceptors (Lipinski definition) is 2. The highest BCUT2D eigenvalue weighted by Crippen LogP contribution is 2.32. The largest absolute Gasteiger partial charge is 0.342 e. The van der Waals surface area contributed by atoms with Crippen LogP contribution < -0.4 is 5.73 Å². The van der Waals surface area contributed by atoms with Crippen molar-refractivity contribution in [2.45, 2.75) is 51.5 Å². The van der Waals surface area contributed by atoms with Gasteiger partial charge in [0, 0.05) is 19.1 Å². The summed E-state index contributed by atoms with van der Waals surface area (Å²) in [6.07, 6.45) is 6.83. The molecule has 100 valence electrons. The van der Waals surface area contributed by atoms with Crippen LogP contribution in [0.1, 0.15) is 45.4 Å². The number of nitrogens with two attached hydrogens (primary N) is 1. The fourth-order valence-electron chi connectivity index (χ4n) is 2.70. The van der Waals surface area contributed by atoms with Gasteiger partial charge in [-0.3, -0.25) is 4.79 Å². The van der Waals surface area contributed by atoms with Crippen LogP contribution in [0, 0.1) is 11.8 Å². The molecule has 0 spiro atoms. The van der Waals surface area contributed by atoms with Crippen LogP contribution in [0.2, 0.25) is 0 Å². The van der Waals surface area contributed by atoms with E-state index in [-0.39, 0.29) is 24.4 Å². The van der Waals surface area contributed by atoms with E-state index in [0.717, 1.165) is 44.7 Å². The van der Waals surface area contributed by atoms with E-state index in [1.165, 1.54) is 12.8 Å². The molecule has 0 aromatic heterocycles. The molecule has 2 unspecified atom stereocenters. The van der Waals surface area contributed by atoms with Crippen LogP contribution in [0.25, 0.3) is 0 Å². The van der Waals surface area contributed by atoms with E-state index in [0.29, 0.717) is 5.91 Å². The van der Waals surface area contributed by atoms with Crippen LogP contribution in [0.5, 0.6) is 0 Å². The highest BCUT2D eigenvalue weighted by molar-refractivity contribution is 5.85. The summed E-state index contributed by atoms with van der Waals surface area (Å²) < 4.78 is 0. The smallest absolute Gasteiger partial charge is 0.227 e. The summed E-state index contributed by atoms with van der Waals surface area (Å²) in [5.41, 5.74) is 6.01. The topological polar surface area (TPSA) is 46.3 Å². The SMILES string of the molecule is CCCN(CC1CC1)C(=O)C1CCCC1N.Cl. The van der Waals surface area contributed by atoms with Crippen LogP contribution in [-0.2, 0) is 4.79 Å². The molecule has 0 aliphatic heterocycles. The Morgan fingerprint density at radius 2 is 2.00 bits per heavy atom. The van der Waals surface area contributed by atoms with Crippen molar-refractivity contribution in [3.8, 4) is 0 Å². The predicted molar refractivity (Wildman–Crippen MR) is 72.2 cm³/mol. The van der Waals surface area contributed by atoms with Crippen molar-refractivity contribution in [2.24, 2.45) is 17.6 Å². The molecule has 3 nitrogen and oxygen atoms in total. The summed E-state index contributed by atoms with van der Waals surface area (Å²) in [5.74, 6) is 1.23. The quantitative estimate of drug-likeness (QED) is 0.824. The fourth-order valence-corrected chi connectivity index (χ4v) is 2.70. The minimum Gasteiger partial charge on any atom is -0.342 e. The van der Waals surface area contributed by atoms with Gasteiger partial charge in [0.15, 0.2) is 0 Å². The van der Waals surface area contributed by atoms with Crippen molar-refractivity contribution in [2.75, 3.05) is 13.1 Å². The van der Waals surface area contributed by atoms with Crippen molar-refractivity contribution in [3.63, 3.8) is 0 Å². The number of rotatable bonds is 5. The van der Waals surface area contributed by atoms with Gasteiger partial charge in [0.05, 0.1) is 5.92 Å². The standard InChI is InChI=1S/C13H24N2O.ClH/c1-2-8-15(9-10-6-7-10)13(16)11-4-3-5-12(11)14;/h10-12H,2-9,14H2,1H3;1H. The molecule has 0 radical (unpaired) electrons. The van der Waals surface area contributed by atoms with E-state index in [9.17, 15) is 4.79 Å². The van der Waals surface area contributed by atoms with Gasteiger partial charge < -0.3 is 10.6 Å². The van der Waals surface area contributed by atoms with Gasteiger partial charge in [0.25, 0.3) is 0 Å². The molecule has 2 aliphatic carbocycles. The molecule has 2 aliphatic rings. The summed E-state index contributed by atoms with van der Waals surface area (Å²) in [6.45, 7) is 4.04. The Labute approximate surface area is 111 Å². The molecular formula is C13H25ClN2O. The molecule has 2 saturated carbocycles. The highest BCUT2D eigenvalue weighted by atomic mass is 35.5. The minimum atomic E-state index is 0. The first kappa shape index (κ1) is 14.8. The molecule has 0 aromatic rings. The average molecular weight is 261 g/mol. The number of hydrogen-bond donors (Lipinski definition) is 1. The lowest BCUT2D eigenvalue weighted by molar-refractivity contribution is -0.136. The minimum absolute atomic E-state index is 0. The first-order chi connectivity index (χ1) is 7.72. The Balaban J connectivity index is 0.00000144. The van der Waals surface area contributed by atoms with Gasteiger partial charge in [-0.05, 0) is 38.0 Å². The second-order valence-electron chi connectivity index (χ2n) is 5.43. The van der Waals surface area contributed by atoms with Crippen LogP contribution in [0.3, 0.4) is 0 Å². The number of carbonyl (C=O) groups is 1. The normalized spacial score (nSPS) is 27.6. The predicted octanol–water partition coefficient (Wildman–Crippen LogP) is 2.18. The molecule has 1 amide bonds. The zero-order valence-corrected chi connectivity index (χ0v) is 11.5. The zero-order valence-electron chi connectivity index (χ0n) is 10.7. The number of nitrogens with zero attached hydrogens (tertiary/aromatic N) is 1. The summed E-state index contributed by atoms with van der Waals surface area (Å²) in [7, 11) is 0. The second kappa shape index (κ2) is 6.60. The molecule has 2 atom stereocenters. The number of halogens is 1. The van der Waals surface area contributed by atoms with E-state index >= 15 is 0 Å². The molecule has 2 rings (SSSR count). The maximum absolute atomic E-state index is 12.4. The van der Waals surface area contributed by atoms with Gasteiger partial charge in [0.1, 0.15) is 0 Å². The van der Waals surface area contributed by atoms with Crippen molar-refractivity contribution in [3.05, 3.63) is 0 Å². The Hall–Kier alpha value is -0.280. The van der Waals surface area contributed by atoms with Crippen LogP contribution in [0.15, 0.2) is 0 Å². The Morgan fingerprint density at radius 3 is 2.47 bits per heavy atom. The first-order valence-electron chi connectivity index (χ1n) is 6.76. The van der Waals surface area contributed by atoms with Gasteiger partial charge >= 0.3 is 0 Å². The molecule has 0 bridgehead atoms. The molecule has 2 fully saturated rings. The van der Waals surface area contributed by atoms with Crippen molar-refractivity contribution in [1.82, 2.24) is 4.90 Å². The Kier molecular flexibility index (Phi) is 5.74. The van der Waals surface area contributed by atoms with E-state index in [1.807, 2.05) is 0 Å². The molecule has 0 saturated heterocycles. The third-order valence-corrected chi connectivity index (χ3v) is 3.87. The van der Waals surface area contributed by atoms with Gasteiger partial charge in [-0.1, -0.05) is 13.3 Å². The van der Waals surface area contributed by atoms with Gasteiger partial charge in [0.2, 0.25) is 5.91 Å². The monoisotopic (exact) mass is 260 g/mol. The Bertz CT molecular complexity index is 256. The molecule has 0 heterocycles. The van der Waals surface area contributed by atoms with Crippen LogP contribution in [0.4, 0.5) is 0 Å². The highest BCUT2D eigenvalue weighted by Gasteiger charge is 2.35. The number of carbonyl (C=O) groups excluding carboxylic acids is 1. The third-order valence-electron chi connectivity index (χ3n) is 3.87. The maximum atomic E-state index is 12.4. The summed E-state index contributed by atoms with van der Waals surface area (Å²) in [6, 6.07) is 0.117. The third kappa shape index (κ3) is 3.85. The van der Waals surface area contributed by atoms with Gasteiger partial charge in [-0.25, -0.2) is 0 Å². The lowest BCUT2D eigenvalue weighted by atomic mass is 10.0. The second-order valence-corrected chi connectivity index (χ2v) is 5.43. The van der Waals surface area contributed by atoms with E-state index in [2.05, 4.69) is 11.8 Å². The molecule has 2 N–H and O–H groups in total. The van der Waals surface area contributed by atoms with Gasteiger partial charge in [-0.15, -0.1) is 12.4 Å². The molecule has 0 aromatic carbocycles. The Morgan fingerprint density at radius 1 is 1.29 bits per heavy atom. The van der Waals surface area contributed by atoms with Crippen molar-refractivity contribution >= 4 is 18.3 Å². The molecule has 17 heavy (non-hydrogen) atoms. The molecular weight excluding hydrogens is 236 g/mol. The maximum Gasteiger partial charge on any atom is 0.227 e. The lowest BCUT2D eigenvalue weighted by Crippen LogP contribution is -2.43. The zero-order chi connectivity index (χ0) is 11.5. The van der Waals surface area contributed by atoms with Crippen LogP contribution >= 0.6 is 12.4 Å². The van der Waals surface area contributed by atoms with Crippen molar-refractivity contribution in [1.29, 1.82) is 0 Å². The summed E-state index contributed by atoms with van der Waals surface area (Å²) in [5, 5.41) is 0. The average Bonchev–Trinajstić information content (AvgIpc) is 2.98. The molecule has 4 heteroatoms. The van der Waals surface area contributed by atoms with E-state index < -0.39 is 0 Å².